The van der Waals surface area contributed by atoms with Gasteiger partial charge in [0, 0.05) is 6.42 Å². The van der Waals surface area contributed by atoms with E-state index >= 15 is 0 Å². The van der Waals surface area contributed by atoms with Crippen LogP contribution in [0, 0.1) is 0 Å². The van der Waals surface area contributed by atoms with Gasteiger partial charge in [0.05, 0.1) is 25.4 Å². The average Bonchev–Trinajstić information content (AvgIpc) is 2.97. The number of amides is 1. The maximum absolute atomic E-state index is 12.7. The largest absolute Gasteiger partial charge is 0.394 e. The molecule has 1 saturated heterocycles. The second kappa shape index (κ2) is 23.7. The highest BCUT2D eigenvalue weighted by Crippen LogP contribution is 2.22. The summed E-state index contributed by atoms with van der Waals surface area (Å²) < 4.78 is 11.0. The number of aliphatic hydroxyl groups excluding tert-OH is 5. The number of carbonyl (C=O) groups excluding carboxylic acids is 1. The quantitative estimate of drug-likeness (QED) is 0.0839. The van der Waals surface area contributed by atoms with E-state index in [9.17, 15) is 30.3 Å². The number of aliphatic hydroxyl groups is 5. The first-order valence-electron chi connectivity index (χ1n) is 15.4. The molecule has 7 atom stereocenters. The van der Waals surface area contributed by atoms with E-state index in [4.69, 9.17) is 9.47 Å². The highest BCUT2D eigenvalue weighted by Gasteiger charge is 2.44. The van der Waals surface area contributed by atoms with Crippen LogP contribution in [-0.2, 0) is 14.3 Å². The molecule has 1 aliphatic heterocycles. The van der Waals surface area contributed by atoms with Crippen molar-refractivity contribution in [3.63, 3.8) is 0 Å². The Morgan fingerprint density at radius 1 is 0.854 bits per heavy atom. The van der Waals surface area contributed by atoms with Gasteiger partial charge in [-0.3, -0.25) is 4.79 Å². The summed E-state index contributed by atoms with van der Waals surface area (Å²) in [5, 5.41) is 53.2. The molecule has 1 rings (SSSR count). The van der Waals surface area contributed by atoms with E-state index in [0.717, 1.165) is 64.2 Å². The van der Waals surface area contributed by atoms with E-state index in [-0.39, 0.29) is 12.5 Å². The lowest BCUT2D eigenvalue weighted by molar-refractivity contribution is -0.302. The van der Waals surface area contributed by atoms with Crippen molar-refractivity contribution in [2.24, 2.45) is 0 Å². The minimum atomic E-state index is -1.57. The van der Waals surface area contributed by atoms with E-state index in [0.29, 0.717) is 12.8 Å². The van der Waals surface area contributed by atoms with Crippen molar-refractivity contribution in [3.05, 3.63) is 48.6 Å². The standard InChI is InChI=1S/C32H55NO8/c1-3-5-7-9-10-11-12-13-14-15-16-18-20-22-28(36)33-25(26(35)21-19-17-8-6-4-2)24-40-32-31(39)30(38)29(37)27(23-34)41-32/h5,7,10-11,13-14,19,21,25-27,29-32,34-35,37-39H,3-4,6,8-9,12,15-18,20,22-24H2,1-2H3,(H,33,36)/b7-5-,11-10-,14-13-,21-19+. The molecule has 1 fully saturated rings. The van der Waals surface area contributed by atoms with Crippen molar-refractivity contribution in [2.75, 3.05) is 13.2 Å². The van der Waals surface area contributed by atoms with Gasteiger partial charge < -0.3 is 40.3 Å². The zero-order chi connectivity index (χ0) is 30.3. The van der Waals surface area contributed by atoms with Gasteiger partial charge in [0.2, 0.25) is 5.91 Å². The van der Waals surface area contributed by atoms with E-state index in [2.05, 4.69) is 55.6 Å². The van der Waals surface area contributed by atoms with Crippen LogP contribution >= 0.6 is 0 Å². The fraction of sp³-hybridized carbons (Fsp3) is 0.719. The number of allylic oxidation sites excluding steroid dienone is 7. The summed E-state index contributed by atoms with van der Waals surface area (Å²) in [5.41, 5.74) is 0. The summed E-state index contributed by atoms with van der Waals surface area (Å²) in [5.74, 6) is -0.219. The summed E-state index contributed by atoms with van der Waals surface area (Å²) in [6.07, 6.45) is 19.2. The van der Waals surface area contributed by atoms with Crippen LogP contribution in [0.5, 0.6) is 0 Å². The SMILES string of the molecule is CC/C=C\C/C=C\C/C=C\CCCCCC(=O)NC(COC1OC(CO)C(O)C(O)C1O)C(O)/C=C/CCCCC. The molecule has 7 unspecified atom stereocenters. The maximum atomic E-state index is 12.7. The molecular weight excluding hydrogens is 526 g/mol. The van der Waals surface area contributed by atoms with Gasteiger partial charge in [-0.05, 0) is 51.4 Å². The van der Waals surface area contributed by atoms with Crippen LogP contribution in [0.25, 0.3) is 0 Å². The molecule has 0 radical (unpaired) electrons. The van der Waals surface area contributed by atoms with Crippen molar-refractivity contribution in [2.45, 2.75) is 134 Å². The van der Waals surface area contributed by atoms with Gasteiger partial charge in [-0.2, -0.15) is 0 Å². The Morgan fingerprint density at radius 2 is 1.51 bits per heavy atom. The smallest absolute Gasteiger partial charge is 0.220 e. The molecule has 1 aliphatic rings. The van der Waals surface area contributed by atoms with Gasteiger partial charge in [0.1, 0.15) is 24.4 Å². The topological polar surface area (TPSA) is 149 Å². The maximum Gasteiger partial charge on any atom is 0.220 e. The van der Waals surface area contributed by atoms with Crippen LogP contribution in [0.4, 0.5) is 0 Å². The Labute approximate surface area is 246 Å². The Morgan fingerprint density at radius 3 is 2.20 bits per heavy atom. The molecule has 0 saturated carbocycles. The van der Waals surface area contributed by atoms with E-state index < -0.39 is 49.5 Å². The summed E-state index contributed by atoms with van der Waals surface area (Å²) in [4.78, 5) is 12.7. The van der Waals surface area contributed by atoms with E-state index in [1.807, 2.05) is 6.08 Å². The molecule has 0 aliphatic carbocycles. The Balaban J connectivity index is 2.51. The zero-order valence-electron chi connectivity index (χ0n) is 25.0. The first-order valence-corrected chi connectivity index (χ1v) is 15.4. The molecule has 0 aromatic rings. The first-order chi connectivity index (χ1) is 19.8. The molecule has 236 valence electrons. The zero-order valence-corrected chi connectivity index (χ0v) is 25.0. The van der Waals surface area contributed by atoms with Crippen molar-refractivity contribution >= 4 is 5.91 Å². The van der Waals surface area contributed by atoms with Crippen molar-refractivity contribution < 1.29 is 39.8 Å². The molecule has 1 amide bonds. The highest BCUT2D eigenvalue weighted by molar-refractivity contribution is 5.76. The molecular formula is C32H55NO8. The van der Waals surface area contributed by atoms with Gasteiger partial charge in [-0.15, -0.1) is 0 Å². The third-order valence-electron chi connectivity index (χ3n) is 6.91. The molecule has 9 heteroatoms. The second-order valence-electron chi connectivity index (χ2n) is 10.5. The molecule has 0 aromatic carbocycles. The fourth-order valence-corrected chi connectivity index (χ4v) is 4.34. The van der Waals surface area contributed by atoms with Gasteiger partial charge in [-0.1, -0.05) is 81.7 Å². The minimum absolute atomic E-state index is 0.205. The van der Waals surface area contributed by atoms with Crippen LogP contribution in [0.3, 0.4) is 0 Å². The van der Waals surface area contributed by atoms with Crippen LogP contribution in [0.15, 0.2) is 48.6 Å². The molecule has 0 bridgehead atoms. The summed E-state index contributed by atoms with van der Waals surface area (Å²) in [6, 6.07) is -0.814. The van der Waals surface area contributed by atoms with E-state index in [1.165, 1.54) is 0 Å². The van der Waals surface area contributed by atoms with Crippen LogP contribution in [0.1, 0.15) is 90.9 Å². The Kier molecular flexibility index (Phi) is 21.5. The van der Waals surface area contributed by atoms with Gasteiger partial charge in [0.15, 0.2) is 6.29 Å². The number of hydrogen-bond acceptors (Lipinski definition) is 8. The number of nitrogens with one attached hydrogen (secondary N) is 1. The molecule has 1 heterocycles. The molecule has 9 nitrogen and oxygen atoms in total. The van der Waals surface area contributed by atoms with E-state index in [1.54, 1.807) is 6.08 Å². The third-order valence-corrected chi connectivity index (χ3v) is 6.91. The fourth-order valence-electron chi connectivity index (χ4n) is 4.34. The van der Waals surface area contributed by atoms with Crippen LogP contribution in [0.2, 0.25) is 0 Å². The lowest BCUT2D eigenvalue weighted by Gasteiger charge is -2.40. The third kappa shape index (κ3) is 16.4. The normalized spacial score (nSPS) is 25.1. The minimum Gasteiger partial charge on any atom is -0.394 e. The summed E-state index contributed by atoms with van der Waals surface area (Å²) >= 11 is 0. The number of unbranched alkanes of at least 4 members (excludes halogenated alkanes) is 6. The molecule has 41 heavy (non-hydrogen) atoms. The number of carbonyl (C=O) groups is 1. The number of ether oxygens (including phenoxy) is 2. The lowest BCUT2D eigenvalue weighted by Crippen LogP contribution is -2.60. The second-order valence-corrected chi connectivity index (χ2v) is 10.5. The van der Waals surface area contributed by atoms with Gasteiger partial charge >= 0.3 is 0 Å². The summed E-state index contributed by atoms with van der Waals surface area (Å²) in [6.45, 7) is 3.46. The van der Waals surface area contributed by atoms with Gasteiger partial charge in [-0.25, -0.2) is 0 Å². The Bertz CT molecular complexity index is 782. The van der Waals surface area contributed by atoms with Crippen LogP contribution < -0.4 is 5.32 Å². The number of rotatable bonds is 22. The highest BCUT2D eigenvalue weighted by atomic mass is 16.7. The van der Waals surface area contributed by atoms with Crippen molar-refractivity contribution in [1.29, 1.82) is 0 Å². The van der Waals surface area contributed by atoms with Gasteiger partial charge in [0.25, 0.3) is 0 Å². The molecule has 6 N–H and O–H groups in total. The predicted molar refractivity (Wildman–Crippen MR) is 161 cm³/mol. The number of hydrogen-bond donors (Lipinski definition) is 6. The van der Waals surface area contributed by atoms with Crippen molar-refractivity contribution in [3.8, 4) is 0 Å². The first kappa shape index (κ1) is 37.2. The average molecular weight is 582 g/mol. The van der Waals surface area contributed by atoms with Crippen molar-refractivity contribution in [1.82, 2.24) is 5.32 Å². The molecule has 0 aromatic heterocycles. The predicted octanol–water partition coefficient (Wildman–Crippen LogP) is 3.59. The summed E-state index contributed by atoms with van der Waals surface area (Å²) in [7, 11) is 0. The lowest BCUT2D eigenvalue weighted by atomic mass is 9.99. The monoisotopic (exact) mass is 581 g/mol. The van der Waals surface area contributed by atoms with Crippen LogP contribution in [-0.4, -0.2) is 87.5 Å². The Hall–Kier alpha value is -1.85. The molecule has 0 spiro atoms.